The summed E-state index contributed by atoms with van der Waals surface area (Å²) in [7, 11) is 4.29. The van der Waals surface area contributed by atoms with E-state index in [2.05, 4.69) is 21.0 Å². The second kappa shape index (κ2) is 20.5. The zero-order chi connectivity index (χ0) is 14.3. The molecule has 0 aromatic rings. The first-order chi connectivity index (χ1) is 9.16. The summed E-state index contributed by atoms with van der Waals surface area (Å²) < 4.78 is 0. The minimum atomic E-state index is -0.0658. The predicted octanol–water partition coefficient (Wildman–Crippen LogP) is -2.80. The lowest BCUT2D eigenvalue weighted by Gasteiger charge is -2.12. The molecule has 0 aromatic carbocycles. The zero-order valence-electron chi connectivity index (χ0n) is 14.5. The van der Waals surface area contributed by atoms with Gasteiger partial charge in [0.15, 0.2) is 0 Å². The smallest absolute Gasteiger partial charge is 0.0791 e. The van der Waals surface area contributed by atoms with Gasteiger partial charge in [0.2, 0.25) is 0 Å². The second-order valence-corrected chi connectivity index (χ2v) is 6.37. The van der Waals surface area contributed by atoms with Crippen molar-refractivity contribution in [3.05, 3.63) is 0 Å². The highest BCUT2D eigenvalue weighted by atomic mass is 35.5. The molecule has 0 spiro atoms. The van der Waals surface area contributed by atoms with E-state index in [0.29, 0.717) is 0 Å². The van der Waals surface area contributed by atoms with Crippen LogP contribution in [0.3, 0.4) is 0 Å². The van der Waals surface area contributed by atoms with Crippen LogP contribution in [0.25, 0.3) is 0 Å². The molecule has 1 unspecified atom stereocenters. The second-order valence-electron chi connectivity index (χ2n) is 6.37. The fourth-order valence-electron chi connectivity index (χ4n) is 2.47. The van der Waals surface area contributed by atoms with E-state index in [9.17, 15) is 5.11 Å². The number of hydrogen-bond donors (Lipinski definition) is 2. The molecule has 0 aliphatic carbocycles. The van der Waals surface area contributed by atoms with Crippen molar-refractivity contribution in [2.45, 2.75) is 90.1 Å². The van der Waals surface area contributed by atoms with E-state index in [1.165, 1.54) is 69.1 Å². The van der Waals surface area contributed by atoms with E-state index in [1.54, 1.807) is 0 Å². The molecule has 21 heavy (non-hydrogen) atoms. The quantitative estimate of drug-likeness (QED) is 0.327. The molecule has 0 aromatic heterocycles. The summed E-state index contributed by atoms with van der Waals surface area (Å²) in [6.45, 7) is 3.35. The fourth-order valence-corrected chi connectivity index (χ4v) is 2.47. The Morgan fingerprint density at radius 1 is 0.714 bits per heavy atom. The Balaban J connectivity index is -0.00000162. The van der Waals surface area contributed by atoms with Crippen molar-refractivity contribution in [2.24, 2.45) is 0 Å². The number of unbranched alkanes of at least 4 members (excludes halogenated alkanes) is 9. The third kappa shape index (κ3) is 22.9. The molecule has 0 heterocycles. The van der Waals surface area contributed by atoms with Gasteiger partial charge >= 0.3 is 0 Å². The Labute approximate surface area is 145 Å². The first-order valence-corrected chi connectivity index (χ1v) is 8.64. The van der Waals surface area contributed by atoms with E-state index in [1.807, 2.05) is 0 Å². The predicted molar refractivity (Wildman–Crippen MR) is 84.8 cm³/mol. The molecule has 0 saturated carbocycles. The molecule has 0 rings (SSSR count). The normalized spacial score (nSPS) is 11.9. The molecule has 0 aliphatic rings. The summed E-state index contributed by atoms with van der Waals surface area (Å²) in [4.78, 5) is 1.43. The number of hydrogen-bond acceptors (Lipinski definition) is 1. The Bertz CT molecular complexity index is 180. The maximum absolute atomic E-state index is 9.81. The Morgan fingerprint density at radius 3 is 1.57 bits per heavy atom. The number of rotatable bonds is 14. The highest BCUT2D eigenvalue weighted by Crippen LogP contribution is 2.12. The van der Waals surface area contributed by atoms with Crippen molar-refractivity contribution in [3.63, 3.8) is 0 Å². The summed E-state index contributed by atoms with van der Waals surface area (Å²) in [5.74, 6) is 0. The number of aliphatic hydroxyl groups excluding tert-OH is 1. The molecule has 0 amide bonds. The number of halogens is 2. The molecule has 0 fully saturated rings. The van der Waals surface area contributed by atoms with Crippen LogP contribution in [-0.4, -0.2) is 31.9 Å². The first-order valence-electron chi connectivity index (χ1n) is 8.64. The van der Waals surface area contributed by atoms with Crippen molar-refractivity contribution in [2.75, 3.05) is 20.6 Å². The molecule has 0 bridgehead atoms. The Morgan fingerprint density at radius 2 is 1.14 bits per heavy atom. The van der Waals surface area contributed by atoms with E-state index in [4.69, 9.17) is 0 Å². The maximum Gasteiger partial charge on any atom is 0.0791 e. The molecular weight excluding hydrogens is 305 g/mol. The third-order valence-electron chi connectivity index (χ3n) is 3.87. The lowest BCUT2D eigenvalue weighted by atomic mass is 10.0. The minimum Gasteiger partial charge on any atom is -1.00 e. The summed E-state index contributed by atoms with van der Waals surface area (Å²) >= 11 is 0. The van der Waals surface area contributed by atoms with Gasteiger partial charge in [-0.2, -0.15) is 0 Å². The molecule has 0 radical (unpaired) electrons. The largest absolute Gasteiger partial charge is 1.00 e. The van der Waals surface area contributed by atoms with Crippen LogP contribution in [0.15, 0.2) is 0 Å². The van der Waals surface area contributed by atoms with Crippen LogP contribution in [0, 0.1) is 0 Å². The van der Waals surface area contributed by atoms with Gasteiger partial charge in [0.1, 0.15) is 0 Å². The third-order valence-corrected chi connectivity index (χ3v) is 3.87. The standard InChI is InChI=1S/C17H37NO.2ClH/c1-4-5-6-7-8-9-10-11-12-13-14-17(19)15-16-18(2)3;;/h17,19H,4-16H2,1-3H3;2*1H/p-1. The molecule has 0 saturated heterocycles. The van der Waals surface area contributed by atoms with E-state index >= 15 is 0 Å². The minimum absolute atomic E-state index is 0. The average Bonchev–Trinajstić information content (AvgIpc) is 2.38. The molecule has 2 N–H and O–H groups in total. The molecule has 2 nitrogen and oxygen atoms in total. The summed E-state index contributed by atoms with van der Waals surface area (Å²) in [5, 5.41) is 9.81. The van der Waals surface area contributed by atoms with Crippen molar-refractivity contribution >= 4 is 0 Å². The van der Waals surface area contributed by atoms with Gasteiger partial charge in [-0.05, 0) is 6.42 Å². The molecule has 0 aliphatic heterocycles. The van der Waals surface area contributed by atoms with Crippen molar-refractivity contribution in [1.29, 1.82) is 0 Å². The summed E-state index contributed by atoms with van der Waals surface area (Å²) in [6, 6.07) is 0. The Kier molecular flexibility index (Phi) is 25.8. The molecular formula is C17H38Cl2NO-. The van der Waals surface area contributed by atoms with Crippen molar-refractivity contribution in [1.82, 2.24) is 0 Å². The van der Waals surface area contributed by atoms with Crippen LogP contribution in [0.4, 0.5) is 0 Å². The molecule has 4 heteroatoms. The zero-order valence-corrected chi connectivity index (χ0v) is 16.0. The van der Waals surface area contributed by atoms with Crippen LogP contribution in [0.2, 0.25) is 0 Å². The number of aliphatic hydroxyl groups is 1. The van der Waals surface area contributed by atoms with Crippen molar-refractivity contribution in [3.8, 4) is 0 Å². The van der Waals surface area contributed by atoms with Gasteiger partial charge in [0, 0.05) is 6.42 Å². The fraction of sp³-hybridized carbons (Fsp3) is 1.00. The number of quaternary nitrogens is 1. The van der Waals surface area contributed by atoms with Crippen LogP contribution < -0.4 is 29.7 Å². The van der Waals surface area contributed by atoms with E-state index in [0.717, 1.165) is 19.4 Å². The van der Waals surface area contributed by atoms with Crippen LogP contribution in [-0.2, 0) is 0 Å². The van der Waals surface area contributed by atoms with Crippen LogP contribution in [0.5, 0.6) is 0 Å². The van der Waals surface area contributed by atoms with Crippen molar-refractivity contribution < 1.29 is 34.8 Å². The summed E-state index contributed by atoms with van der Waals surface area (Å²) in [6.07, 6.45) is 15.6. The van der Waals surface area contributed by atoms with Gasteiger partial charge in [-0.25, -0.2) is 0 Å². The van der Waals surface area contributed by atoms with Crippen LogP contribution >= 0.6 is 0 Å². The van der Waals surface area contributed by atoms with Gasteiger partial charge in [-0.1, -0.05) is 71.1 Å². The topological polar surface area (TPSA) is 24.7 Å². The summed E-state index contributed by atoms with van der Waals surface area (Å²) in [5.41, 5.74) is 0. The molecule has 132 valence electrons. The lowest BCUT2D eigenvalue weighted by molar-refractivity contribution is -0.858. The SMILES string of the molecule is CCCCCCCCCCCCC(O)CC[NH+](C)C.[Cl-].[Cl-]. The van der Waals surface area contributed by atoms with Gasteiger partial charge in [0.25, 0.3) is 0 Å². The highest BCUT2D eigenvalue weighted by Gasteiger charge is 2.05. The molecule has 1 atom stereocenters. The van der Waals surface area contributed by atoms with Gasteiger partial charge < -0.3 is 34.8 Å². The lowest BCUT2D eigenvalue weighted by Crippen LogP contribution is -3.05. The van der Waals surface area contributed by atoms with Gasteiger partial charge in [-0.3, -0.25) is 0 Å². The number of nitrogens with one attached hydrogen (secondary N) is 1. The Hall–Kier alpha value is 0.500. The average molecular weight is 343 g/mol. The van der Waals surface area contributed by atoms with E-state index in [-0.39, 0.29) is 30.9 Å². The highest BCUT2D eigenvalue weighted by molar-refractivity contribution is 4.55. The van der Waals surface area contributed by atoms with Crippen LogP contribution in [0.1, 0.15) is 84.0 Å². The first kappa shape index (κ1) is 26.4. The maximum atomic E-state index is 9.81. The van der Waals surface area contributed by atoms with E-state index < -0.39 is 0 Å². The van der Waals surface area contributed by atoms with Gasteiger partial charge in [0.05, 0.1) is 26.7 Å². The monoisotopic (exact) mass is 342 g/mol. The van der Waals surface area contributed by atoms with Gasteiger partial charge in [-0.15, -0.1) is 0 Å².